The molecule has 20 heavy (non-hydrogen) atoms. The van der Waals surface area contributed by atoms with E-state index in [1.54, 1.807) is 0 Å². The van der Waals surface area contributed by atoms with E-state index in [1.807, 2.05) is 7.11 Å². The molecule has 1 aromatic carbocycles. The third kappa shape index (κ3) is 1.37. The van der Waals surface area contributed by atoms with E-state index in [-0.39, 0.29) is 28.0 Å². The van der Waals surface area contributed by atoms with Gasteiger partial charge in [-0.15, -0.1) is 0 Å². The standard InChI is InChI=1S/C18H27NO/c1-15(2)12-17(5)14(20-6)16(3,4)18(15,19-17)13-10-8-7-9-11-13/h7-11,14,19H,12H2,1-6H3/p+1. The van der Waals surface area contributed by atoms with Gasteiger partial charge >= 0.3 is 0 Å². The summed E-state index contributed by atoms with van der Waals surface area (Å²) >= 11 is 0. The third-order valence-corrected chi connectivity index (χ3v) is 6.17. The van der Waals surface area contributed by atoms with Gasteiger partial charge < -0.3 is 10.1 Å². The van der Waals surface area contributed by atoms with Gasteiger partial charge in [-0.1, -0.05) is 58.0 Å². The summed E-state index contributed by atoms with van der Waals surface area (Å²) in [6.45, 7) is 12.0. The first-order chi connectivity index (χ1) is 9.21. The monoisotopic (exact) mass is 274 g/mol. The zero-order valence-corrected chi connectivity index (χ0v) is 13.7. The molecule has 0 radical (unpaired) electrons. The van der Waals surface area contributed by atoms with Crippen molar-refractivity contribution in [3.05, 3.63) is 35.9 Å². The lowest BCUT2D eigenvalue weighted by Crippen LogP contribution is -2.99. The minimum Gasteiger partial charge on any atom is -0.374 e. The zero-order valence-electron chi connectivity index (χ0n) is 13.7. The van der Waals surface area contributed by atoms with E-state index in [2.05, 4.69) is 70.3 Å². The second-order valence-corrected chi connectivity index (χ2v) is 8.22. The lowest BCUT2D eigenvalue weighted by molar-refractivity contribution is -0.767. The smallest absolute Gasteiger partial charge is 0.135 e. The van der Waals surface area contributed by atoms with E-state index in [9.17, 15) is 0 Å². The number of benzene rings is 1. The summed E-state index contributed by atoms with van der Waals surface area (Å²) in [7, 11) is 1.87. The minimum absolute atomic E-state index is 0.0800. The number of nitrogens with two attached hydrogens (primary N) is 1. The van der Waals surface area contributed by atoms with Crippen LogP contribution in [0.3, 0.4) is 0 Å². The molecule has 2 N–H and O–H groups in total. The van der Waals surface area contributed by atoms with Crippen molar-refractivity contribution in [2.75, 3.05) is 7.11 Å². The molecule has 3 atom stereocenters. The highest BCUT2D eigenvalue weighted by Gasteiger charge is 2.79. The lowest BCUT2D eigenvalue weighted by atomic mass is 9.51. The van der Waals surface area contributed by atoms with Crippen LogP contribution >= 0.6 is 0 Å². The van der Waals surface area contributed by atoms with Crippen LogP contribution in [-0.4, -0.2) is 18.8 Å². The molecule has 2 bridgehead atoms. The fourth-order valence-electron chi connectivity index (χ4n) is 6.20. The van der Waals surface area contributed by atoms with Crippen molar-refractivity contribution in [3.8, 4) is 0 Å². The van der Waals surface area contributed by atoms with Crippen LogP contribution in [0.5, 0.6) is 0 Å². The van der Waals surface area contributed by atoms with Crippen LogP contribution in [0.1, 0.15) is 46.6 Å². The molecular weight excluding hydrogens is 246 g/mol. The Morgan fingerprint density at radius 1 is 1.05 bits per heavy atom. The maximum atomic E-state index is 5.97. The normalized spacial score (nSPS) is 41.0. The van der Waals surface area contributed by atoms with Gasteiger partial charge in [-0.3, -0.25) is 0 Å². The number of ether oxygens (including phenoxy) is 1. The van der Waals surface area contributed by atoms with Gasteiger partial charge in [0.05, 0.1) is 5.41 Å². The molecule has 0 saturated carbocycles. The predicted octanol–water partition coefficient (Wildman–Crippen LogP) is 2.69. The molecule has 0 aliphatic carbocycles. The Labute approximate surface area is 122 Å². The summed E-state index contributed by atoms with van der Waals surface area (Å²) in [6.07, 6.45) is 1.47. The average Bonchev–Trinajstić information content (AvgIpc) is 2.68. The number of fused-ring (bicyclic) bond motifs is 2. The van der Waals surface area contributed by atoms with Crippen molar-refractivity contribution in [2.45, 2.75) is 58.2 Å². The molecule has 0 spiro atoms. The Balaban J connectivity index is 2.26. The molecule has 2 aliphatic heterocycles. The fraction of sp³-hybridized carbons (Fsp3) is 0.667. The Bertz CT molecular complexity index is 521. The Kier molecular flexibility index (Phi) is 2.72. The van der Waals surface area contributed by atoms with Crippen LogP contribution in [0, 0.1) is 10.8 Å². The summed E-state index contributed by atoms with van der Waals surface area (Å²) in [4.78, 5) is 0. The molecule has 2 nitrogen and oxygen atoms in total. The van der Waals surface area contributed by atoms with E-state index in [1.165, 1.54) is 12.0 Å². The fourth-order valence-corrected chi connectivity index (χ4v) is 6.20. The molecule has 1 aromatic rings. The summed E-state index contributed by atoms with van der Waals surface area (Å²) in [5.41, 5.74) is 2.04. The second kappa shape index (κ2) is 3.86. The topological polar surface area (TPSA) is 25.8 Å². The highest BCUT2D eigenvalue weighted by Crippen LogP contribution is 2.64. The van der Waals surface area contributed by atoms with Crippen LogP contribution in [-0.2, 0) is 10.3 Å². The van der Waals surface area contributed by atoms with E-state index in [0.717, 1.165) is 0 Å². The van der Waals surface area contributed by atoms with Gasteiger partial charge in [-0.2, -0.15) is 0 Å². The second-order valence-electron chi connectivity index (χ2n) is 8.22. The first-order valence-electron chi connectivity index (χ1n) is 7.67. The number of methoxy groups -OCH3 is 1. The number of hydrogen-bond acceptors (Lipinski definition) is 1. The summed E-state index contributed by atoms with van der Waals surface area (Å²) in [5, 5.41) is 2.61. The Morgan fingerprint density at radius 3 is 2.20 bits per heavy atom. The zero-order chi connectivity index (χ0) is 14.8. The van der Waals surface area contributed by atoms with Crippen LogP contribution < -0.4 is 5.32 Å². The van der Waals surface area contributed by atoms with E-state index in [0.29, 0.717) is 0 Å². The Hall–Kier alpha value is -0.860. The maximum Gasteiger partial charge on any atom is 0.135 e. The van der Waals surface area contributed by atoms with Gasteiger partial charge in [-0.25, -0.2) is 0 Å². The maximum absolute atomic E-state index is 5.97. The molecule has 2 heteroatoms. The summed E-state index contributed by atoms with van der Waals surface area (Å²) in [6, 6.07) is 11.0. The first kappa shape index (κ1) is 14.1. The molecule has 0 aromatic heterocycles. The highest BCUT2D eigenvalue weighted by atomic mass is 16.5. The van der Waals surface area contributed by atoms with Crippen LogP contribution in [0.4, 0.5) is 0 Å². The molecule has 3 rings (SSSR count). The molecule has 2 aliphatic rings. The molecule has 110 valence electrons. The van der Waals surface area contributed by atoms with Crippen molar-refractivity contribution < 1.29 is 10.1 Å². The third-order valence-electron chi connectivity index (χ3n) is 6.17. The van der Waals surface area contributed by atoms with E-state index in [4.69, 9.17) is 4.74 Å². The van der Waals surface area contributed by atoms with Crippen LogP contribution in [0.2, 0.25) is 0 Å². The van der Waals surface area contributed by atoms with Gasteiger partial charge in [0, 0.05) is 24.5 Å². The highest BCUT2D eigenvalue weighted by molar-refractivity contribution is 5.34. The van der Waals surface area contributed by atoms with E-state index >= 15 is 0 Å². The Morgan fingerprint density at radius 2 is 1.65 bits per heavy atom. The van der Waals surface area contributed by atoms with Crippen molar-refractivity contribution in [3.63, 3.8) is 0 Å². The van der Waals surface area contributed by atoms with Crippen molar-refractivity contribution in [1.82, 2.24) is 0 Å². The summed E-state index contributed by atoms with van der Waals surface area (Å²) < 4.78 is 5.97. The quantitative estimate of drug-likeness (QED) is 0.881. The molecule has 2 fully saturated rings. The number of rotatable bonds is 2. The van der Waals surface area contributed by atoms with E-state index < -0.39 is 0 Å². The van der Waals surface area contributed by atoms with Gasteiger partial charge in [0.2, 0.25) is 0 Å². The SMILES string of the molecule is COC1C2(C)CC(C)(C)C(c3ccccc3)([NH2+]2)C1(C)C. The average molecular weight is 274 g/mol. The minimum atomic E-state index is 0.0800. The van der Waals surface area contributed by atoms with Gasteiger partial charge in [0.1, 0.15) is 17.2 Å². The summed E-state index contributed by atoms with van der Waals surface area (Å²) in [5.74, 6) is 0. The lowest BCUT2D eigenvalue weighted by Gasteiger charge is -2.50. The molecular formula is C18H28NO+. The van der Waals surface area contributed by atoms with Gasteiger partial charge in [0.15, 0.2) is 0 Å². The van der Waals surface area contributed by atoms with Crippen molar-refractivity contribution >= 4 is 0 Å². The largest absolute Gasteiger partial charge is 0.374 e. The molecule has 2 heterocycles. The molecule has 0 amide bonds. The molecule has 3 unspecified atom stereocenters. The number of hydrogen-bond donors (Lipinski definition) is 1. The van der Waals surface area contributed by atoms with Gasteiger partial charge in [-0.05, 0) is 6.92 Å². The van der Waals surface area contributed by atoms with Crippen LogP contribution in [0.25, 0.3) is 0 Å². The molecule has 2 saturated heterocycles. The first-order valence-corrected chi connectivity index (χ1v) is 7.67. The van der Waals surface area contributed by atoms with Crippen LogP contribution in [0.15, 0.2) is 30.3 Å². The number of quaternary nitrogens is 1. The van der Waals surface area contributed by atoms with Crippen molar-refractivity contribution in [2.24, 2.45) is 10.8 Å². The van der Waals surface area contributed by atoms with Gasteiger partial charge in [0.25, 0.3) is 0 Å². The van der Waals surface area contributed by atoms with Crippen molar-refractivity contribution in [1.29, 1.82) is 0 Å². The predicted molar refractivity (Wildman–Crippen MR) is 81.4 cm³/mol.